The normalized spacial score (nSPS) is 10.6. The third-order valence-corrected chi connectivity index (χ3v) is 3.27. The molecule has 0 saturated heterocycles. The Morgan fingerprint density at radius 2 is 1.52 bits per heavy atom. The molecule has 2 aromatic carbocycles. The van der Waals surface area contributed by atoms with Crippen LogP contribution in [0.3, 0.4) is 0 Å². The van der Waals surface area contributed by atoms with Gasteiger partial charge in [-0.05, 0) is 35.9 Å². The quantitative estimate of drug-likeness (QED) is 0.654. The lowest BCUT2D eigenvalue weighted by Crippen LogP contribution is -2.00. The van der Waals surface area contributed by atoms with Gasteiger partial charge in [0.05, 0.1) is 21.3 Å². The monoisotopic (exact) mass is 314 g/mol. The van der Waals surface area contributed by atoms with Gasteiger partial charge >= 0.3 is 0 Å². The first-order chi connectivity index (χ1) is 11.1. The van der Waals surface area contributed by atoms with Crippen molar-refractivity contribution in [1.82, 2.24) is 0 Å². The van der Waals surface area contributed by atoms with Crippen molar-refractivity contribution in [2.24, 2.45) is 0 Å². The molecule has 0 heterocycles. The molecule has 5 heteroatoms. The molecule has 1 N–H and O–H groups in total. The van der Waals surface area contributed by atoms with Crippen LogP contribution in [0.2, 0.25) is 0 Å². The van der Waals surface area contributed by atoms with Crippen LogP contribution < -0.4 is 14.2 Å². The minimum atomic E-state index is -0.197. The van der Waals surface area contributed by atoms with E-state index in [0.717, 1.165) is 5.56 Å². The molecule has 0 unspecified atom stereocenters. The van der Waals surface area contributed by atoms with Gasteiger partial charge in [0.1, 0.15) is 5.75 Å². The van der Waals surface area contributed by atoms with Gasteiger partial charge in [0.2, 0.25) is 5.75 Å². The van der Waals surface area contributed by atoms with Crippen LogP contribution >= 0.6 is 0 Å². The molecular formula is C18H18O5. The number of benzene rings is 2. The van der Waals surface area contributed by atoms with E-state index in [1.807, 2.05) is 0 Å². The van der Waals surface area contributed by atoms with Crippen LogP contribution in [0.1, 0.15) is 15.9 Å². The van der Waals surface area contributed by atoms with Gasteiger partial charge in [-0.3, -0.25) is 4.79 Å². The number of allylic oxidation sites excluding steroid dienone is 1. The smallest absolute Gasteiger partial charge is 0.203 e. The van der Waals surface area contributed by atoms with E-state index in [9.17, 15) is 9.90 Å². The number of phenolic OH excluding ortho intramolecular Hbond substituents is 1. The third kappa shape index (κ3) is 3.83. The highest BCUT2D eigenvalue weighted by molar-refractivity contribution is 6.07. The zero-order valence-electron chi connectivity index (χ0n) is 13.2. The summed E-state index contributed by atoms with van der Waals surface area (Å²) in [7, 11) is 4.50. The van der Waals surface area contributed by atoms with Crippen LogP contribution in [0.4, 0.5) is 0 Å². The molecule has 0 aliphatic heterocycles. The fourth-order valence-electron chi connectivity index (χ4n) is 2.08. The van der Waals surface area contributed by atoms with Crippen molar-refractivity contribution in [1.29, 1.82) is 0 Å². The first kappa shape index (κ1) is 16.4. The number of aromatic hydroxyl groups is 1. The summed E-state index contributed by atoms with van der Waals surface area (Å²) in [6, 6.07) is 9.76. The predicted octanol–water partition coefficient (Wildman–Crippen LogP) is 3.31. The molecule has 5 nitrogen and oxygen atoms in total. The minimum Gasteiger partial charge on any atom is -0.508 e. The van der Waals surface area contributed by atoms with Crippen LogP contribution in [0.25, 0.3) is 6.08 Å². The Labute approximate surface area is 134 Å². The van der Waals surface area contributed by atoms with E-state index < -0.39 is 0 Å². The molecule has 0 aliphatic carbocycles. The van der Waals surface area contributed by atoms with Gasteiger partial charge in [-0.1, -0.05) is 18.2 Å². The van der Waals surface area contributed by atoms with Crippen LogP contribution in [0, 0.1) is 0 Å². The molecule has 0 aromatic heterocycles. The second-order valence-corrected chi connectivity index (χ2v) is 4.70. The molecule has 0 fully saturated rings. The Balaban J connectivity index is 2.30. The molecule has 0 spiro atoms. The summed E-state index contributed by atoms with van der Waals surface area (Å²) in [6.07, 6.45) is 3.12. The van der Waals surface area contributed by atoms with E-state index in [2.05, 4.69) is 0 Å². The number of ether oxygens (including phenoxy) is 3. The van der Waals surface area contributed by atoms with E-state index in [1.165, 1.54) is 27.4 Å². The molecule has 2 rings (SSSR count). The molecule has 0 bridgehead atoms. The molecule has 0 amide bonds. The largest absolute Gasteiger partial charge is 0.508 e. The zero-order chi connectivity index (χ0) is 16.8. The summed E-state index contributed by atoms with van der Waals surface area (Å²) >= 11 is 0. The SMILES string of the molecule is COc1cc(C(=O)/C=C\c2ccc(O)cc2)cc(OC)c1OC. The van der Waals surface area contributed by atoms with Gasteiger partial charge in [0.15, 0.2) is 17.3 Å². The van der Waals surface area contributed by atoms with Crippen LogP contribution in [0.15, 0.2) is 42.5 Å². The van der Waals surface area contributed by atoms with Crippen molar-refractivity contribution in [3.63, 3.8) is 0 Å². The zero-order valence-corrected chi connectivity index (χ0v) is 13.2. The van der Waals surface area contributed by atoms with Gasteiger partial charge in [-0.25, -0.2) is 0 Å². The summed E-state index contributed by atoms with van der Waals surface area (Å²) < 4.78 is 15.7. The van der Waals surface area contributed by atoms with Gasteiger partial charge in [0, 0.05) is 5.56 Å². The molecule has 23 heavy (non-hydrogen) atoms. The third-order valence-electron chi connectivity index (χ3n) is 3.27. The number of hydrogen-bond acceptors (Lipinski definition) is 5. The summed E-state index contributed by atoms with van der Waals surface area (Å²) in [5.41, 5.74) is 1.23. The van der Waals surface area contributed by atoms with E-state index >= 15 is 0 Å². The van der Waals surface area contributed by atoms with E-state index in [4.69, 9.17) is 14.2 Å². The van der Waals surface area contributed by atoms with Crippen molar-refractivity contribution in [3.05, 3.63) is 53.6 Å². The maximum atomic E-state index is 12.3. The average Bonchev–Trinajstić information content (AvgIpc) is 2.59. The highest BCUT2D eigenvalue weighted by atomic mass is 16.5. The topological polar surface area (TPSA) is 65.0 Å². The molecule has 0 radical (unpaired) electrons. The first-order valence-electron chi connectivity index (χ1n) is 6.90. The average molecular weight is 314 g/mol. The Morgan fingerprint density at radius 1 is 0.957 bits per heavy atom. The number of phenols is 1. The lowest BCUT2D eigenvalue weighted by Gasteiger charge is -2.13. The number of ketones is 1. The van der Waals surface area contributed by atoms with Crippen LogP contribution in [-0.2, 0) is 0 Å². The first-order valence-corrected chi connectivity index (χ1v) is 6.90. The van der Waals surface area contributed by atoms with Gasteiger partial charge in [-0.2, -0.15) is 0 Å². The van der Waals surface area contributed by atoms with E-state index in [0.29, 0.717) is 22.8 Å². The Bertz CT molecular complexity index is 692. The van der Waals surface area contributed by atoms with E-state index in [1.54, 1.807) is 42.5 Å². The summed E-state index contributed by atoms with van der Waals surface area (Å²) in [4.78, 5) is 12.3. The summed E-state index contributed by atoms with van der Waals surface area (Å²) in [5.74, 6) is 1.27. The number of hydrogen-bond donors (Lipinski definition) is 1. The molecule has 0 atom stereocenters. The second kappa shape index (κ2) is 7.35. The summed E-state index contributed by atoms with van der Waals surface area (Å²) in [5, 5.41) is 9.25. The van der Waals surface area contributed by atoms with Crippen molar-refractivity contribution < 1.29 is 24.1 Å². The predicted molar refractivity (Wildman–Crippen MR) is 87.6 cm³/mol. The van der Waals surface area contributed by atoms with E-state index in [-0.39, 0.29) is 11.5 Å². The van der Waals surface area contributed by atoms with Crippen molar-refractivity contribution in [3.8, 4) is 23.0 Å². The number of carbonyl (C=O) groups excluding carboxylic acids is 1. The Morgan fingerprint density at radius 3 is 2.00 bits per heavy atom. The lowest BCUT2D eigenvalue weighted by atomic mass is 10.1. The van der Waals surface area contributed by atoms with Crippen molar-refractivity contribution in [2.75, 3.05) is 21.3 Å². The van der Waals surface area contributed by atoms with Crippen LogP contribution in [0.5, 0.6) is 23.0 Å². The van der Waals surface area contributed by atoms with Gasteiger partial charge < -0.3 is 19.3 Å². The number of rotatable bonds is 6. The molecule has 0 saturated carbocycles. The maximum absolute atomic E-state index is 12.3. The number of methoxy groups -OCH3 is 3. The summed E-state index contributed by atoms with van der Waals surface area (Å²) in [6.45, 7) is 0. The lowest BCUT2D eigenvalue weighted by molar-refractivity contribution is 0.104. The fourth-order valence-corrected chi connectivity index (χ4v) is 2.08. The van der Waals surface area contributed by atoms with Gasteiger partial charge in [0.25, 0.3) is 0 Å². The second-order valence-electron chi connectivity index (χ2n) is 4.70. The Kier molecular flexibility index (Phi) is 5.25. The number of carbonyl (C=O) groups is 1. The Hall–Kier alpha value is -2.95. The molecule has 0 aliphatic rings. The standard InChI is InChI=1S/C18H18O5/c1-21-16-10-13(11-17(22-2)18(16)23-3)15(20)9-6-12-4-7-14(19)8-5-12/h4-11,19H,1-3H3/b9-6-. The molecule has 2 aromatic rings. The fraction of sp³-hybridized carbons (Fsp3) is 0.167. The van der Waals surface area contributed by atoms with Crippen molar-refractivity contribution in [2.45, 2.75) is 0 Å². The maximum Gasteiger partial charge on any atom is 0.203 e. The highest BCUT2D eigenvalue weighted by Crippen LogP contribution is 2.38. The van der Waals surface area contributed by atoms with Crippen LogP contribution in [-0.4, -0.2) is 32.2 Å². The molecule has 120 valence electrons. The van der Waals surface area contributed by atoms with Gasteiger partial charge in [-0.15, -0.1) is 0 Å². The van der Waals surface area contributed by atoms with Crippen molar-refractivity contribution >= 4 is 11.9 Å². The minimum absolute atomic E-state index is 0.179. The highest BCUT2D eigenvalue weighted by Gasteiger charge is 2.15. The molecular weight excluding hydrogens is 296 g/mol.